The number of carbonyl (C=O) groups is 2. The maximum absolute atomic E-state index is 14.9. The Balaban J connectivity index is 1.21. The molecule has 15 heteroatoms. The first-order valence-corrected chi connectivity index (χ1v) is 14.5. The number of amides is 3. The van der Waals surface area contributed by atoms with Gasteiger partial charge in [0.15, 0.2) is 5.17 Å². The first kappa shape index (κ1) is 31.5. The molecule has 2 heterocycles. The number of hydrogen-bond acceptors (Lipinski definition) is 7. The number of aliphatic imine (C=N–C) groups is 1. The standard InChI is InChI=1S/C30H26F4N6O4S/c1-17(2)23-11-4-18(3)12-25(23)40-26(41)15-45-29(40)37-27(42)36-20-6-5-19(24(31)13-20)14-43-28-35-16-39(38-28)21-7-9-22(10-8-21)44-30(32,33)34/h4-13,16-17H,14-15H2,1-3H3,(H,36,42). The normalized spacial score (nSPS) is 14.4. The van der Waals surface area contributed by atoms with Crippen molar-refractivity contribution in [1.29, 1.82) is 0 Å². The van der Waals surface area contributed by atoms with E-state index in [2.05, 4.69) is 25.1 Å². The van der Waals surface area contributed by atoms with Crippen LogP contribution in [0.15, 0.2) is 72.0 Å². The number of carbonyl (C=O) groups excluding carboxylic acids is 2. The minimum Gasteiger partial charge on any atom is -0.457 e. The molecular formula is C30H26F4N6O4S. The van der Waals surface area contributed by atoms with Gasteiger partial charge in [0.05, 0.1) is 17.1 Å². The lowest BCUT2D eigenvalue weighted by molar-refractivity contribution is -0.274. The molecule has 3 aromatic carbocycles. The number of amidine groups is 1. The number of benzene rings is 3. The number of urea groups is 1. The van der Waals surface area contributed by atoms with E-state index in [9.17, 15) is 27.2 Å². The number of thioether (sulfide) groups is 1. The number of nitrogens with one attached hydrogen (secondary N) is 1. The summed E-state index contributed by atoms with van der Waals surface area (Å²) < 4.78 is 62.5. The van der Waals surface area contributed by atoms with E-state index in [1.165, 1.54) is 40.2 Å². The van der Waals surface area contributed by atoms with Gasteiger partial charge in [-0.05, 0) is 66.4 Å². The van der Waals surface area contributed by atoms with Crippen LogP contribution in [0, 0.1) is 12.7 Å². The molecule has 0 spiro atoms. The first-order valence-electron chi connectivity index (χ1n) is 13.5. The fraction of sp³-hybridized carbons (Fsp3) is 0.233. The Hall–Kier alpha value is -4.92. The van der Waals surface area contributed by atoms with Crippen LogP contribution in [0.4, 0.5) is 33.7 Å². The highest BCUT2D eigenvalue weighted by atomic mass is 32.2. The third-order valence-electron chi connectivity index (χ3n) is 6.48. The summed E-state index contributed by atoms with van der Waals surface area (Å²) in [6.45, 7) is 5.70. The fourth-order valence-corrected chi connectivity index (χ4v) is 5.24. The van der Waals surface area contributed by atoms with Crippen LogP contribution in [0.3, 0.4) is 0 Å². The van der Waals surface area contributed by atoms with E-state index in [1.54, 1.807) is 0 Å². The summed E-state index contributed by atoms with van der Waals surface area (Å²) in [7, 11) is 0. The van der Waals surface area contributed by atoms with E-state index in [-0.39, 0.29) is 52.4 Å². The van der Waals surface area contributed by atoms with Crippen LogP contribution in [-0.4, -0.2) is 44.0 Å². The summed E-state index contributed by atoms with van der Waals surface area (Å²) in [5.41, 5.74) is 3.26. The number of halogens is 4. The highest BCUT2D eigenvalue weighted by molar-refractivity contribution is 8.15. The van der Waals surface area contributed by atoms with E-state index in [0.29, 0.717) is 11.4 Å². The van der Waals surface area contributed by atoms with Crippen LogP contribution in [0.1, 0.15) is 36.5 Å². The fourth-order valence-electron chi connectivity index (χ4n) is 4.38. The van der Waals surface area contributed by atoms with E-state index in [1.807, 2.05) is 39.0 Å². The van der Waals surface area contributed by atoms with Crippen LogP contribution in [0.25, 0.3) is 5.69 Å². The van der Waals surface area contributed by atoms with Gasteiger partial charge in [0, 0.05) is 11.3 Å². The molecule has 0 radical (unpaired) electrons. The molecule has 10 nitrogen and oxygen atoms in total. The SMILES string of the molecule is Cc1ccc(C(C)C)c(N2C(=O)CSC2=NC(=O)Nc2ccc(COc3ncn(-c4ccc(OC(F)(F)F)cc4)n3)c(F)c2)c1. The molecular weight excluding hydrogens is 616 g/mol. The Morgan fingerprint density at radius 3 is 2.56 bits per heavy atom. The third kappa shape index (κ3) is 7.78. The van der Waals surface area contributed by atoms with Gasteiger partial charge < -0.3 is 14.8 Å². The Morgan fingerprint density at radius 1 is 1.11 bits per heavy atom. The second kappa shape index (κ2) is 13.0. The summed E-state index contributed by atoms with van der Waals surface area (Å²) in [6, 6.07) is 13.9. The van der Waals surface area contributed by atoms with Crippen molar-refractivity contribution in [3.8, 4) is 17.4 Å². The Bertz CT molecular complexity index is 1760. The predicted molar refractivity (Wildman–Crippen MR) is 160 cm³/mol. The number of rotatable bonds is 8. The smallest absolute Gasteiger partial charge is 0.457 e. The monoisotopic (exact) mass is 642 g/mol. The number of aryl methyl sites for hydroxylation is 1. The molecule has 1 aliphatic rings. The van der Waals surface area contributed by atoms with E-state index >= 15 is 0 Å². The average molecular weight is 643 g/mol. The summed E-state index contributed by atoms with van der Waals surface area (Å²) in [5, 5.41) is 6.84. The number of anilines is 2. The molecule has 3 amide bonds. The molecule has 0 atom stereocenters. The molecule has 0 bridgehead atoms. The second-order valence-corrected chi connectivity index (χ2v) is 11.1. The molecule has 0 unspecified atom stereocenters. The first-order chi connectivity index (χ1) is 21.4. The van der Waals surface area contributed by atoms with Crippen molar-refractivity contribution in [3.63, 3.8) is 0 Å². The van der Waals surface area contributed by atoms with Gasteiger partial charge in [-0.25, -0.2) is 13.9 Å². The van der Waals surface area contributed by atoms with Gasteiger partial charge in [0.2, 0.25) is 5.91 Å². The maximum atomic E-state index is 14.9. The lowest BCUT2D eigenvalue weighted by Crippen LogP contribution is -2.31. The second-order valence-electron chi connectivity index (χ2n) is 10.2. The molecule has 234 valence electrons. The predicted octanol–water partition coefficient (Wildman–Crippen LogP) is 6.98. The number of aromatic nitrogens is 3. The van der Waals surface area contributed by atoms with Gasteiger partial charge in [-0.3, -0.25) is 9.69 Å². The van der Waals surface area contributed by atoms with Crippen molar-refractivity contribution in [2.75, 3.05) is 16.0 Å². The van der Waals surface area contributed by atoms with Crippen molar-refractivity contribution >= 4 is 40.2 Å². The van der Waals surface area contributed by atoms with E-state index in [0.717, 1.165) is 41.1 Å². The zero-order valence-corrected chi connectivity index (χ0v) is 24.9. The minimum atomic E-state index is -4.80. The molecule has 1 N–H and O–H groups in total. The van der Waals surface area contributed by atoms with Crippen molar-refractivity contribution in [2.45, 2.75) is 39.7 Å². The Labute approximate surface area is 259 Å². The lowest BCUT2D eigenvalue weighted by Gasteiger charge is -2.22. The van der Waals surface area contributed by atoms with Crippen LogP contribution < -0.4 is 19.7 Å². The van der Waals surface area contributed by atoms with Gasteiger partial charge in [-0.2, -0.15) is 9.98 Å². The highest BCUT2D eigenvalue weighted by Crippen LogP contribution is 2.34. The molecule has 0 saturated carbocycles. The number of hydrogen-bond donors (Lipinski definition) is 1. The van der Waals surface area contributed by atoms with Crippen molar-refractivity contribution in [2.24, 2.45) is 4.99 Å². The summed E-state index contributed by atoms with van der Waals surface area (Å²) >= 11 is 1.15. The van der Waals surface area contributed by atoms with Crippen LogP contribution in [0.2, 0.25) is 0 Å². The molecule has 4 aromatic rings. The topological polar surface area (TPSA) is 111 Å². The van der Waals surface area contributed by atoms with E-state index in [4.69, 9.17) is 4.74 Å². The van der Waals surface area contributed by atoms with Crippen molar-refractivity contribution < 1.29 is 36.6 Å². The zero-order chi connectivity index (χ0) is 32.3. The third-order valence-corrected chi connectivity index (χ3v) is 7.40. The number of ether oxygens (including phenoxy) is 2. The molecule has 1 fully saturated rings. The molecule has 0 aliphatic carbocycles. The summed E-state index contributed by atoms with van der Waals surface area (Å²) in [4.78, 5) is 35.1. The van der Waals surface area contributed by atoms with Crippen molar-refractivity contribution in [1.82, 2.24) is 14.8 Å². The quantitative estimate of drug-likeness (QED) is 0.207. The van der Waals surface area contributed by atoms with Gasteiger partial charge in [0.25, 0.3) is 0 Å². The zero-order valence-electron chi connectivity index (χ0n) is 24.1. The number of alkyl halides is 3. The molecule has 5 rings (SSSR count). The molecule has 1 aromatic heterocycles. The summed E-state index contributed by atoms with van der Waals surface area (Å²) in [6.07, 6.45) is -3.52. The van der Waals surface area contributed by atoms with Crippen LogP contribution in [0.5, 0.6) is 11.8 Å². The lowest BCUT2D eigenvalue weighted by atomic mass is 9.99. The van der Waals surface area contributed by atoms with Gasteiger partial charge in [-0.1, -0.05) is 43.8 Å². The maximum Gasteiger partial charge on any atom is 0.573 e. The van der Waals surface area contributed by atoms with E-state index < -0.39 is 18.2 Å². The number of nitrogens with zero attached hydrogens (tertiary/aromatic N) is 5. The Morgan fingerprint density at radius 2 is 1.87 bits per heavy atom. The molecule has 45 heavy (non-hydrogen) atoms. The van der Waals surface area contributed by atoms with Gasteiger partial charge in [-0.15, -0.1) is 18.3 Å². The van der Waals surface area contributed by atoms with Gasteiger partial charge >= 0.3 is 18.4 Å². The van der Waals surface area contributed by atoms with Crippen LogP contribution >= 0.6 is 11.8 Å². The van der Waals surface area contributed by atoms with Crippen molar-refractivity contribution in [3.05, 3.63) is 89.5 Å². The molecule has 1 saturated heterocycles. The molecule has 1 aliphatic heterocycles. The van der Waals surface area contributed by atoms with Crippen LogP contribution in [-0.2, 0) is 11.4 Å². The largest absolute Gasteiger partial charge is 0.573 e. The average Bonchev–Trinajstić information content (AvgIpc) is 3.58. The highest BCUT2D eigenvalue weighted by Gasteiger charge is 2.33. The summed E-state index contributed by atoms with van der Waals surface area (Å²) in [5.74, 6) is -0.983. The van der Waals surface area contributed by atoms with Gasteiger partial charge in [0.1, 0.15) is 24.5 Å². The minimum absolute atomic E-state index is 0.0966. The Kier molecular flexibility index (Phi) is 9.09.